The minimum Gasteiger partial charge on any atom is -0.480 e. The number of aromatic nitrogens is 2. The Hall–Kier alpha value is -1.51. The standard InChI is InChI=1S/C12H16N2O/c1-5-10-7-6-8(2)14-11(10)9(3)12(13-14)15-4/h6-7H,5H2,1-4H3. The fourth-order valence-corrected chi connectivity index (χ4v) is 1.96. The number of hydrogen-bond acceptors (Lipinski definition) is 2. The average Bonchev–Trinajstić information content (AvgIpc) is 2.58. The van der Waals surface area contributed by atoms with Crippen molar-refractivity contribution in [1.29, 1.82) is 0 Å². The quantitative estimate of drug-likeness (QED) is 0.751. The van der Waals surface area contributed by atoms with E-state index in [1.807, 2.05) is 4.52 Å². The summed E-state index contributed by atoms with van der Waals surface area (Å²) in [4.78, 5) is 0. The molecule has 0 amide bonds. The Kier molecular flexibility index (Phi) is 2.39. The van der Waals surface area contributed by atoms with Crippen LogP contribution in [0, 0.1) is 13.8 Å². The van der Waals surface area contributed by atoms with Crippen molar-refractivity contribution in [3.8, 4) is 5.88 Å². The maximum absolute atomic E-state index is 5.25. The molecule has 3 nitrogen and oxygen atoms in total. The number of pyridine rings is 1. The lowest BCUT2D eigenvalue weighted by molar-refractivity contribution is 0.392. The molecule has 0 saturated carbocycles. The summed E-state index contributed by atoms with van der Waals surface area (Å²) in [6.07, 6.45) is 1.01. The Morgan fingerprint density at radius 3 is 2.67 bits per heavy atom. The van der Waals surface area contributed by atoms with Gasteiger partial charge in [0.2, 0.25) is 5.88 Å². The Labute approximate surface area is 89.7 Å². The largest absolute Gasteiger partial charge is 0.480 e. The van der Waals surface area contributed by atoms with E-state index in [9.17, 15) is 0 Å². The Morgan fingerprint density at radius 2 is 2.07 bits per heavy atom. The van der Waals surface area contributed by atoms with Crippen LogP contribution in [0.15, 0.2) is 12.1 Å². The van der Waals surface area contributed by atoms with Crippen molar-refractivity contribution in [1.82, 2.24) is 9.61 Å². The van der Waals surface area contributed by atoms with Gasteiger partial charge < -0.3 is 4.74 Å². The lowest BCUT2D eigenvalue weighted by Crippen LogP contribution is -1.96. The van der Waals surface area contributed by atoms with Crippen molar-refractivity contribution in [2.24, 2.45) is 0 Å². The highest BCUT2D eigenvalue weighted by Gasteiger charge is 2.12. The van der Waals surface area contributed by atoms with Crippen LogP contribution < -0.4 is 4.74 Å². The highest BCUT2D eigenvalue weighted by molar-refractivity contribution is 5.64. The molecule has 0 aliphatic rings. The summed E-state index contributed by atoms with van der Waals surface area (Å²) in [5.74, 6) is 0.721. The van der Waals surface area contributed by atoms with Crippen molar-refractivity contribution < 1.29 is 4.74 Å². The molecule has 0 radical (unpaired) electrons. The first kappa shape index (κ1) is 10.0. The number of fused-ring (bicyclic) bond motifs is 1. The molecule has 3 heteroatoms. The van der Waals surface area contributed by atoms with Gasteiger partial charge in [-0.15, -0.1) is 5.10 Å². The molecule has 0 saturated heterocycles. The topological polar surface area (TPSA) is 26.5 Å². The second-order valence-corrected chi connectivity index (χ2v) is 3.75. The molecule has 0 atom stereocenters. The number of ether oxygens (including phenoxy) is 1. The van der Waals surface area contributed by atoms with Gasteiger partial charge in [0, 0.05) is 11.3 Å². The molecule has 0 unspecified atom stereocenters. The molecule has 2 aromatic rings. The monoisotopic (exact) mass is 204 g/mol. The molecule has 0 aromatic carbocycles. The maximum atomic E-state index is 5.25. The van der Waals surface area contributed by atoms with Gasteiger partial charge in [-0.1, -0.05) is 13.0 Å². The van der Waals surface area contributed by atoms with E-state index < -0.39 is 0 Å². The predicted molar refractivity (Wildman–Crippen MR) is 60.6 cm³/mol. The van der Waals surface area contributed by atoms with E-state index in [0.717, 1.165) is 23.6 Å². The van der Waals surface area contributed by atoms with Gasteiger partial charge in [0.15, 0.2) is 0 Å². The molecule has 0 spiro atoms. The third-order valence-electron chi connectivity index (χ3n) is 2.82. The Bertz CT molecular complexity index is 500. The molecule has 2 aromatic heterocycles. The van der Waals surface area contributed by atoms with Gasteiger partial charge in [-0.2, -0.15) is 0 Å². The zero-order valence-electron chi connectivity index (χ0n) is 9.66. The van der Waals surface area contributed by atoms with E-state index in [1.54, 1.807) is 7.11 Å². The van der Waals surface area contributed by atoms with Gasteiger partial charge >= 0.3 is 0 Å². The molecule has 0 aliphatic heterocycles. The minimum atomic E-state index is 0.721. The van der Waals surface area contributed by atoms with Crippen LogP contribution in [0.5, 0.6) is 5.88 Å². The molecular weight excluding hydrogens is 188 g/mol. The normalized spacial score (nSPS) is 10.9. The summed E-state index contributed by atoms with van der Waals surface area (Å²) in [7, 11) is 1.66. The lowest BCUT2D eigenvalue weighted by atomic mass is 10.1. The second kappa shape index (κ2) is 3.57. The molecule has 80 valence electrons. The Balaban J connectivity index is 2.85. The van der Waals surface area contributed by atoms with Gasteiger partial charge in [-0.3, -0.25) is 0 Å². The van der Waals surface area contributed by atoms with Crippen molar-refractivity contribution in [3.05, 3.63) is 29.0 Å². The Morgan fingerprint density at radius 1 is 1.33 bits per heavy atom. The van der Waals surface area contributed by atoms with Gasteiger partial charge in [0.25, 0.3) is 0 Å². The molecule has 0 fully saturated rings. The van der Waals surface area contributed by atoms with Gasteiger partial charge in [0.05, 0.1) is 12.6 Å². The smallest absolute Gasteiger partial charge is 0.236 e. The van der Waals surface area contributed by atoms with Crippen LogP contribution in [-0.2, 0) is 6.42 Å². The number of nitrogens with zero attached hydrogens (tertiary/aromatic N) is 2. The zero-order valence-corrected chi connectivity index (χ0v) is 9.66. The summed E-state index contributed by atoms with van der Waals surface area (Å²) >= 11 is 0. The first-order chi connectivity index (χ1) is 7.19. The van der Waals surface area contributed by atoms with Gasteiger partial charge in [-0.25, -0.2) is 4.52 Å². The van der Waals surface area contributed by atoms with Crippen molar-refractivity contribution >= 4 is 5.52 Å². The van der Waals surface area contributed by atoms with Crippen LogP contribution in [0.4, 0.5) is 0 Å². The SMILES string of the molecule is CCc1ccc(C)n2nc(OC)c(C)c12. The molecule has 2 heterocycles. The number of rotatable bonds is 2. The van der Waals surface area contributed by atoms with Crippen molar-refractivity contribution in [2.75, 3.05) is 7.11 Å². The van der Waals surface area contributed by atoms with E-state index in [4.69, 9.17) is 4.74 Å². The highest BCUT2D eigenvalue weighted by Crippen LogP contribution is 2.25. The molecular formula is C12H16N2O. The average molecular weight is 204 g/mol. The fourth-order valence-electron chi connectivity index (χ4n) is 1.96. The van der Waals surface area contributed by atoms with Crippen LogP contribution >= 0.6 is 0 Å². The van der Waals surface area contributed by atoms with E-state index in [1.165, 1.54) is 11.1 Å². The number of aryl methyl sites for hydroxylation is 3. The number of hydrogen-bond donors (Lipinski definition) is 0. The molecule has 0 bridgehead atoms. The third-order valence-corrected chi connectivity index (χ3v) is 2.82. The molecule has 0 N–H and O–H groups in total. The molecule has 0 aliphatic carbocycles. The van der Waals surface area contributed by atoms with Crippen LogP contribution in [-0.4, -0.2) is 16.7 Å². The summed E-state index contributed by atoms with van der Waals surface area (Å²) in [5.41, 5.74) is 4.76. The first-order valence-corrected chi connectivity index (χ1v) is 5.20. The molecule has 15 heavy (non-hydrogen) atoms. The van der Waals surface area contributed by atoms with Crippen molar-refractivity contribution in [2.45, 2.75) is 27.2 Å². The maximum Gasteiger partial charge on any atom is 0.236 e. The van der Waals surface area contributed by atoms with Gasteiger partial charge in [0.1, 0.15) is 0 Å². The highest BCUT2D eigenvalue weighted by atomic mass is 16.5. The van der Waals surface area contributed by atoms with Crippen LogP contribution in [0.1, 0.15) is 23.7 Å². The third kappa shape index (κ3) is 1.39. The van der Waals surface area contributed by atoms with Crippen LogP contribution in [0.25, 0.3) is 5.52 Å². The summed E-state index contributed by atoms with van der Waals surface area (Å²) in [6, 6.07) is 4.26. The van der Waals surface area contributed by atoms with E-state index in [2.05, 4.69) is 38.0 Å². The van der Waals surface area contributed by atoms with Crippen LogP contribution in [0.2, 0.25) is 0 Å². The summed E-state index contributed by atoms with van der Waals surface area (Å²) in [6.45, 7) is 6.27. The van der Waals surface area contributed by atoms with E-state index in [-0.39, 0.29) is 0 Å². The predicted octanol–water partition coefficient (Wildman–Crippen LogP) is 2.52. The van der Waals surface area contributed by atoms with Gasteiger partial charge in [-0.05, 0) is 31.9 Å². The summed E-state index contributed by atoms with van der Waals surface area (Å²) < 4.78 is 7.22. The second-order valence-electron chi connectivity index (χ2n) is 3.75. The minimum absolute atomic E-state index is 0.721. The first-order valence-electron chi connectivity index (χ1n) is 5.20. The number of methoxy groups -OCH3 is 1. The van der Waals surface area contributed by atoms with E-state index >= 15 is 0 Å². The zero-order chi connectivity index (χ0) is 11.0. The molecule has 2 rings (SSSR count). The van der Waals surface area contributed by atoms with Crippen LogP contribution in [0.3, 0.4) is 0 Å². The fraction of sp³-hybridized carbons (Fsp3) is 0.417. The lowest BCUT2D eigenvalue weighted by Gasteiger charge is -2.04. The summed E-state index contributed by atoms with van der Waals surface area (Å²) in [5, 5.41) is 4.43. The van der Waals surface area contributed by atoms with E-state index in [0.29, 0.717) is 0 Å². The van der Waals surface area contributed by atoms with Crippen molar-refractivity contribution in [3.63, 3.8) is 0 Å².